The van der Waals surface area contributed by atoms with Gasteiger partial charge >= 0.3 is 6.18 Å². The first-order valence-electron chi connectivity index (χ1n) is 11.9. The van der Waals surface area contributed by atoms with Gasteiger partial charge in [-0.2, -0.15) is 13.2 Å². The van der Waals surface area contributed by atoms with Gasteiger partial charge in [-0.3, -0.25) is 9.59 Å². The van der Waals surface area contributed by atoms with Gasteiger partial charge in [0.05, 0.1) is 11.7 Å². The third-order valence-electron chi connectivity index (χ3n) is 6.67. The summed E-state index contributed by atoms with van der Waals surface area (Å²) >= 11 is 0. The lowest BCUT2D eigenvalue weighted by Gasteiger charge is -2.35. The number of carbonyl (C=O) groups excluding carboxylic acids is 2. The summed E-state index contributed by atoms with van der Waals surface area (Å²) < 4.78 is 45.3. The number of anilines is 2. The second-order valence-corrected chi connectivity index (χ2v) is 9.15. The Morgan fingerprint density at radius 2 is 1.77 bits per heavy atom. The highest BCUT2D eigenvalue weighted by atomic mass is 19.4. The second-order valence-electron chi connectivity index (χ2n) is 9.15. The predicted molar refractivity (Wildman–Crippen MR) is 127 cm³/mol. The maximum absolute atomic E-state index is 13.2. The van der Waals surface area contributed by atoms with Crippen LogP contribution in [0.5, 0.6) is 0 Å². The highest BCUT2D eigenvalue weighted by molar-refractivity contribution is 5.98. The molecule has 0 aromatic heterocycles. The van der Waals surface area contributed by atoms with Crippen LogP contribution in [0.1, 0.15) is 36.8 Å². The van der Waals surface area contributed by atoms with Crippen LogP contribution >= 0.6 is 0 Å². The molecule has 0 radical (unpaired) electrons. The normalized spacial score (nSPS) is 21.2. The van der Waals surface area contributed by atoms with E-state index >= 15 is 0 Å². The number of nitrogens with one attached hydrogen (secondary N) is 1. The number of ether oxygens (including phenoxy) is 1. The molecule has 2 fully saturated rings. The van der Waals surface area contributed by atoms with E-state index in [4.69, 9.17) is 4.74 Å². The van der Waals surface area contributed by atoms with Crippen LogP contribution in [0.15, 0.2) is 48.5 Å². The first kappa shape index (κ1) is 25.0. The van der Waals surface area contributed by atoms with E-state index in [-0.39, 0.29) is 42.7 Å². The van der Waals surface area contributed by atoms with Crippen LogP contribution in [0.2, 0.25) is 0 Å². The second kappa shape index (κ2) is 10.7. The molecule has 9 heteroatoms. The van der Waals surface area contributed by atoms with Gasteiger partial charge in [-0.15, -0.1) is 0 Å². The fraction of sp³-hybridized carbons (Fsp3) is 0.462. The van der Waals surface area contributed by atoms with E-state index in [1.54, 1.807) is 11.0 Å². The Morgan fingerprint density at radius 1 is 1.06 bits per heavy atom. The fourth-order valence-corrected chi connectivity index (χ4v) is 4.67. The highest BCUT2D eigenvalue weighted by Crippen LogP contribution is 2.34. The molecule has 0 unspecified atom stereocenters. The van der Waals surface area contributed by atoms with Crippen LogP contribution in [0, 0.1) is 6.92 Å². The number of rotatable bonds is 6. The van der Waals surface area contributed by atoms with Gasteiger partial charge in [0, 0.05) is 30.5 Å². The van der Waals surface area contributed by atoms with Crippen LogP contribution in [0.4, 0.5) is 24.5 Å². The summed E-state index contributed by atoms with van der Waals surface area (Å²) in [7, 11) is 0. The third kappa shape index (κ3) is 6.33. The smallest absolute Gasteiger partial charge is 0.382 e. The number of alkyl halides is 3. The lowest BCUT2D eigenvalue weighted by Crippen LogP contribution is -2.53. The van der Waals surface area contributed by atoms with Crippen molar-refractivity contribution in [3.63, 3.8) is 0 Å². The maximum atomic E-state index is 13.2. The molecule has 1 heterocycles. The standard InChI is InChI=1S/C26H30F3N3O3/c1-18-7-8-20(15-23(18)26(27,28)29)30-19-9-11-22(12-10-19)35-17-25(34)31-13-14-32(24(33)16-31)21-5-3-2-4-6-21/h2-8,15,19,22,30H,9-14,16-17H2,1H3. The monoisotopic (exact) mass is 489 g/mol. The first-order valence-corrected chi connectivity index (χ1v) is 11.9. The molecule has 1 aliphatic carbocycles. The number of halogens is 3. The fourth-order valence-electron chi connectivity index (χ4n) is 4.67. The summed E-state index contributed by atoms with van der Waals surface area (Å²) in [6.07, 6.45) is -1.56. The van der Waals surface area contributed by atoms with Gasteiger partial charge < -0.3 is 19.9 Å². The molecule has 1 saturated carbocycles. The maximum Gasteiger partial charge on any atom is 0.416 e. The zero-order valence-electron chi connectivity index (χ0n) is 19.7. The third-order valence-corrected chi connectivity index (χ3v) is 6.67. The van der Waals surface area contributed by atoms with Crippen molar-refractivity contribution in [2.24, 2.45) is 0 Å². The first-order chi connectivity index (χ1) is 16.7. The van der Waals surface area contributed by atoms with Crippen LogP contribution < -0.4 is 10.2 Å². The van der Waals surface area contributed by atoms with Crippen LogP contribution in [-0.4, -0.2) is 55.1 Å². The average Bonchev–Trinajstić information content (AvgIpc) is 2.84. The van der Waals surface area contributed by atoms with Crippen molar-refractivity contribution in [1.29, 1.82) is 0 Å². The van der Waals surface area contributed by atoms with Gasteiger partial charge in [-0.25, -0.2) is 0 Å². The quantitative estimate of drug-likeness (QED) is 0.643. The number of aryl methyl sites for hydroxylation is 1. The summed E-state index contributed by atoms with van der Waals surface area (Å²) in [5.74, 6) is -0.321. The summed E-state index contributed by atoms with van der Waals surface area (Å²) in [5.41, 5.74) is 0.863. The highest BCUT2D eigenvalue weighted by Gasteiger charge is 2.33. The number of para-hydroxylation sites is 1. The molecule has 1 aliphatic heterocycles. The molecule has 2 aromatic carbocycles. The zero-order chi connectivity index (χ0) is 25.0. The average molecular weight is 490 g/mol. The minimum Gasteiger partial charge on any atom is -0.382 e. The predicted octanol–water partition coefficient (Wildman–Crippen LogP) is 4.63. The van der Waals surface area contributed by atoms with Crippen molar-refractivity contribution in [3.8, 4) is 0 Å². The van der Waals surface area contributed by atoms with Crippen molar-refractivity contribution in [2.45, 2.75) is 50.9 Å². The minimum atomic E-state index is -4.38. The number of nitrogens with zero attached hydrogens (tertiary/aromatic N) is 2. The van der Waals surface area contributed by atoms with E-state index in [1.807, 2.05) is 30.3 Å². The molecule has 6 nitrogen and oxygen atoms in total. The van der Waals surface area contributed by atoms with Gasteiger partial charge in [0.15, 0.2) is 0 Å². The Hall–Kier alpha value is -3.07. The number of hydrogen-bond acceptors (Lipinski definition) is 4. The van der Waals surface area contributed by atoms with Crippen LogP contribution in [0.3, 0.4) is 0 Å². The van der Waals surface area contributed by atoms with E-state index in [2.05, 4.69) is 5.32 Å². The molecule has 0 atom stereocenters. The van der Waals surface area contributed by atoms with Crippen molar-refractivity contribution in [1.82, 2.24) is 4.90 Å². The molecular weight excluding hydrogens is 459 g/mol. The lowest BCUT2D eigenvalue weighted by atomic mass is 9.92. The van der Waals surface area contributed by atoms with Gasteiger partial charge in [-0.1, -0.05) is 24.3 Å². The Morgan fingerprint density at radius 3 is 2.43 bits per heavy atom. The van der Waals surface area contributed by atoms with E-state index in [9.17, 15) is 22.8 Å². The molecule has 2 aliphatic rings. The summed E-state index contributed by atoms with van der Waals surface area (Å²) in [4.78, 5) is 28.3. The molecule has 188 valence electrons. The van der Waals surface area contributed by atoms with E-state index in [1.165, 1.54) is 17.9 Å². The SMILES string of the molecule is Cc1ccc(NC2CCC(OCC(=O)N3CCN(c4ccccc4)C(=O)C3)CC2)cc1C(F)(F)F. The lowest BCUT2D eigenvalue weighted by molar-refractivity contribution is -0.142. The molecule has 35 heavy (non-hydrogen) atoms. The van der Waals surface area contributed by atoms with E-state index in [0.717, 1.165) is 24.6 Å². The Bertz CT molecular complexity index is 1040. The van der Waals surface area contributed by atoms with Crippen molar-refractivity contribution < 1.29 is 27.5 Å². The molecule has 2 amide bonds. The number of piperazine rings is 1. The van der Waals surface area contributed by atoms with Crippen molar-refractivity contribution in [2.75, 3.05) is 36.5 Å². The molecule has 1 saturated heterocycles. The largest absolute Gasteiger partial charge is 0.416 e. The van der Waals surface area contributed by atoms with Gasteiger partial charge in [0.25, 0.3) is 0 Å². The number of benzene rings is 2. The molecule has 0 bridgehead atoms. The Kier molecular flexibility index (Phi) is 7.64. The topological polar surface area (TPSA) is 61.9 Å². The number of carbonyl (C=O) groups is 2. The molecular formula is C26H30F3N3O3. The van der Waals surface area contributed by atoms with Gasteiger partial charge in [-0.05, 0) is 62.4 Å². The Labute approximate surface area is 203 Å². The number of amides is 2. The van der Waals surface area contributed by atoms with E-state index < -0.39 is 11.7 Å². The van der Waals surface area contributed by atoms with Gasteiger partial charge in [0.1, 0.15) is 13.2 Å². The minimum absolute atomic E-state index is 0.0320. The van der Waals surface area contributed by atoms with Crippen LogP contribution in [0.25, 0.3) is 0 Å². The number of hydrogen-bond donors (Lipinski definition) is 1. The zero-order valence-corrected chi connectivity index (χ0v) is 19.7. The molecule has 1 N–H and O–H groups in total. The van der Waals surface area contributed by atoms with Gasteiger partial charge in [0.2, 0.25) is 11.8 Å². The molecule has 4 rings (SSSR count). The summed E-state index contributed by atoms with van der Waals surface area (Å²) in [6, 6.07) is 13.8. The molecule has 2 aromatic rings. The molecule has 0 spiro atoms. The summed E-state index contributed by atoms with van der Waals surface area (Å²) in [5, 5.41) is 3.21. The van der Waals surface area contributed by atoms with E-state index in [0.29, 0.717) is 31.6 Å². The van der Waals surface area contributed by atoms with Crippen molar-refractivity contribution in [3.05, 3.63) is 59.7 Å². The van der Waals surface area contributed by atoms with Crippen LogP contribution in [-0.2, 0) is 20.5 Å². The summed E-state index contributed by atoms with van der Waals surface area (Å²) in [6.45, 7) is 2.31. The Balaban J connectivity index is 1.20. The van der Waals surface area contributed by atoms with Crippen molar-refractivity contribution >= 4 is 23.2 Å².